The molecule has 16 heavy (non-hydrogen) atoms. The lowest BCUT2D eigenvalue weighted by Gasteiger charge is -2.28. The van der Waals surface area contributed by atoms with E-state index in [4.69, 9.17) is 11.6 Å². The molecule has 0 spiro atoms. The molecular weight excluding hydrogens is 222 g/mol. The zero-order valence-electron chi connectivity index (χ0n) is 10.2. The van der Waals surface area contributed by atoms with E-state index in [0.29, 0.717) is 0 Å². The van der Waals surface area contributed by atoms with Crippen LogP contribution in [-0.4, -0.2) is 17.8 Å². The molecule has 0 bridgehead atoms. The van der Waals surface area contributed by atoms with E-state index < -0.39 is 0 Å². The topological polar surface area (TPSA) is 20.3 Å². The second kappa shape index (κ2) is 5.35. The zero-order chi connectivity index (χ0) is 12.3. The first-order chi connectivity index (χ1) is 7.49. The van der Waals surface area contributed by atoms with Crippen molar-refractivity contribution in [1.29, 1.82) is 0 Å². The van der Waals surface area contributed by atoms with Gasteiger partial charge in [0.2, 0.25) is 5.91 Å². The van der Waals surface area contributed by atoms with Crippen molar-refractivity contribution in [3.8, 4) is 0 Å². The van der Waals surface area contributed by atoms with E-state index in [-0.39, 0.29) is 17.8 Å². The highest BCUT2D eigenvalue weighted by atomic mass is 35.5. The quantitative estimate of drug-likeness (QED) is 0.742. The highest BCUT2D eigenvalue weighted by molar-refractivity contribution is 6.29. The van der Waals surface area contributed by atoms with E-state index in [1.54, 1.807) is 4.90 Å². The maximum atomic E-state index is 11.8. The maximum absolute atomic E-state index is 11.8. The van der Waals surface area contributed by atoms with Crippen molar-refractivity contribution in [2.24, 2.45) is 0 Å². The second-order valence-corrected chi connectivity index (χ2v) is 4.48. The van der Waals surface area contributed by atoms with Gasteiger partial charge in [-0.3, -0.25) is 4.79 Å². The van der Waals surface area contributed by atoms with Gasteiger partial charge in [0, 0.05) is 11.7 Å². The third-order valence-corrected chi connectivity index (χ3v) is 2.96. The minimum absolute atomic E-state index is 0.0194. The fourth-order valence-electron chi connectivity index (χ4n) is 1.76. The molecule has 2 nitrogen and oxygen atoms in total. The lowest BCUT2D eigenvalue weighted by molar-refractivity contribution is -0.116. The van der Waals surface area contributed by atoms with Crippen LogP contribution in [0.3, 0.4) is 0 Å². The van der Waals surface area contributed by atoms with E-state index in [1.807, 2.05) is 45.9 Å². The molecule has 1 amide bonds. The molecular formula is C13H18ClNO. The first kappa shape index (κ1) is 13.0. The van der Waals surface area contributed by atoms with Crippen molar-refractivity contribution >= 4 is 23.2 Å². The Morgan fingerprint density at radius 1 is 1.38 bits per heavy atom. The Labute approximate surface area is 102 Å². The SMILES string of the molecule is Cc1cccc(N(C(=O)CCl)C(C)C)c1C. The van der Waals surface area contributed by atoms with Crippen LogP contribution in [0.2, 0.25) is 0 Å². The van der Waals surface area contributed by atoms with Gasteiger partial charge in [-0.2, -0.15) is 0 Å². The van der Waals surface area contributed by atoms with Crippen molar-refractivity contribution in [2.75, 3.05) is 10.8 Å². The summed E-state index contributed by atoms with van der Waals surface area (Å²) in [7, 11) is 0. The number of anilines is 1. The Balaban J connectivity index is 3.21. The minimum atomic E-state index is -0.0506. The summed E-state index contributed by atoms with van der Waals surface area (Å²) in [6, 6.07) is 6.09. The van der Waals surface area contributed by atoms with Crippen LogP contribution in [0.4, 0.5) is 5.69 Å². The Hall–Kier alpha value is -1.02. The maximum Gasteiger partial charge on any atom is 0.242 e. The number of hydrogen-bond acceptors (Lipinski definition) is 1. The largest absolute Gasteiger partial charge is 0.309 e. The van der Waals surface area contributed by atoms with Gasteiger partial charge < -0.3 is 4.90 Å². The molecule has 0 aliphatic heterocycles. The predicted molar refractivity (Wildman–Crippen MR) is 69.3 cm³/mol. The number of carbonyl (C=O) groups is 1. The van der Waals surface area contributed by atoms with E-state index >= 15 is 0 Å². The van der Waals surface area contributed by atoms with Crippen molar-refractivity contribution in [3.63, 3.8) is 0 Å². The highest BCUT2D eigenvalue weighted by Gasteiger charge is 2.19. The molecule has 3 heteroatoms. The van der Waals surface area contributed by atoms with Crippen LogP contribution in [0, 0.1) is 13.8 Å². The van der Waals surface area contributed by atoms with Crippen LogP contribution < -0.4 is 4.90 Å². The van der Waals surface area contributed by atoms with Gasteiger partial charge in [0.1, 0.15) is 5.88 Å². The number of hydrogen-bond donors (Lipinski definition) is 0. The molecule has 1 rings (SSSR count). The molecule has 0 N–H and O–H groups in total. The summed E-state index contributed by atoms with van der Waals surface area (Å²) in [6.07, 6.45) is 0. The number of carbonyl (C=O) groups excluding carboxylic acids is 1. The molecule has 0 heterocycles. The summed E-state index contributed by atoms with van der Waals surface area (Å²) in [5, 5.41) is 0. The Kier molecular flexibility index (Phi) is 4.36. The third kappa shape index (κ3) is 2.56. The molecule has 0 atom stereocenters. The lowest BCUT2D eigenvalue weighted by atomic mass is 10.1. The fraction of sp³-hybridized carbons (Fsp3) is 0.462. The lowest BCUT2D eigenvalue weighted by Crippen LogP contribution is -2.38. The molecule has 0 unspecified atom stereocenters. The van der Waals surface area contributed by atoms with Crippen LogP contribution in [0.25, 0.3) is 0 Å². The third-order valence-electron chi connectivity index (χ3n) is 2.73. The van der Waals surface area contributed by atoms with Crippen LogP contribution in [0.1, 0.15) is 25.0 Å². The molecule has 0 aromatic heterocycles. The molecule has 0 saturated carbocycles. The van der Waals surface area contributed by atoms with Crippen molar-refractivity contribution in [3.05, 3.63) is 29.3 Å². The van der Waals surface area contributed by atoms with Crippen LogP contribution >= 0.6 is 11.6 Å². The minimum Gasteiger partial charge on any atom is -0.309 e. The molecule has 1 aromatic carbocycles. The van der Waals surface area contributed by atoms with Crippen molar-refractivity contribution < 1.29 is 4.79 Å². The number of benzene rings is 1. The fourth-order valence-corrected chi connectivity index (χ4v) is 1.89. The van der Waals surface area contributed by atoms with Gasteiger partial charge in [-0.15, -0.1) is 11.6 Å². The summed E-state index contributed by atoms with van der Waals surface area (Å²) in [5.41, 5.74) is 3.28. The van der Waals surface area contributed by atoms with Crippen molar-refractivity contribution in [1.82, 2.24) is 0 Å². The Morgan fingerprint density at radius 2 is 2.00 bits per heavy atom. The standard InChI is InChI=1S/C13H18ClNO/c1-9(2)15(13(16)8-14)12-7-5-6-10(3)11(12)4/h5-7,9H,8H2,1-4H3. The van der Waals surface area contributed by atoms with Gasteiger partial charge >= 0.3 is 0 Å². The Morgan fingerprint density at radius 3 is 2.50 bits per heavy atom. The number of aryl methyl sites for hydroxylation is 1. The van der Waals surface area contributed by atoms with Gasteiger partial charge in [0.15, 0.2) is 0 Å². The molecule has 1 aromatic rings. The molecule has 0 fully saturated rings. The van der Waals surface area contributed by atoms with Crippen LogP contribution in [0.15, 0.2) is 18.2 Å². The monoisotopic (exact) mass is 239 g/mol. The summed E-state index contributed by atoms with van der Waals surface area (Å²) >= 11 is 5.64. The van der Waals surface area contributed by atoms with Crippen molar-refractivity contribution in [2.45, 2.75) is 33.7 Å². The van der Waals surface area contributed by atoms with Crippen LogP contribution in [0.5, 0.6) is 0 Å². The number of rotatable bonds is 3. The number of nitrogens with zero attached hydrogens (tertiary/aromatic N) is 1. The first-order valence-electron chi connectivity index (χ1n) is 5.43. The van der Waals surface area contributed by atoms with Crippen LogP contribution in [-0.2, 0) is 4.79 Å². The second-order valence-electron chi connectivity index (χ2n) is 4.21. The van der Waals surface area contributed by atoms with Gasteiger partial charge in [0.25, 0.3) is 0 Å². The smallest absolute Gasteiger partial charge is 0.242 e. The average molecular weight is 240 g/mol. The molecule has 0 aliphatic rings. The van der Waals surface area contributed by atoms with Gasteiger partial charge in [-0.05, 0) is 44.9 Å². The zero-order valence-corrected chi connectivity index (χ0v) is 11.0. The van der Waals surface area contributed by atoms with E-state index in [0.717, 1.165) is 11.3 Å². The summed E-state index contributed by atoms with van der Waals surface area (Å²) in [6.45, 7) is 8.06. The van der Waals surface area contributed by atoms with E-state index in [9.17, 15) is 4.79 Å². The normalized spacial score (nSPS) is 10.6. The highest BCUT2D eigenvalue weighted by Crippen LogP contribution is 2.24. The first-order valence-corrected chi connectivity index (χ1v) is 5.96. The van der Waals surface area contributed by atoms with Gasteiger partial charge in [0.05, 0.1) is 0 Å². The van der Waals surface area contributed by atoms with E-state index in [1.165, 1.54) is 5.56 Å². The predicted octanol–water partition coefficient (Wildman–Crippen LogP) is 3.28. The average Bonchev–Trinajstić information content (AvgIpc) is 2.24. The van der Waals surface area contributed by atoms with Gasteiger partial charge in [-0.25, -0.2) is 0 Å². The summed E-state index contributed by atoms with van der Waals surface area (Å²) in [4.78, 5) is 13.6. The summed E-state index contributed by atoms with van der Waals surface area (Å²) < 4.78 is 0. The molecule has 0 radical (unpaired) electrons. The Bertz CT molecular complexity index is 388. The molecule has 0 aliphatic carbocycles. The van der Waals surface area contributed by atoms with Gasteiger partial charge in [-0.1, -0.05) is 12.1 Å². The molecule has 88 valence electrons. The number of halogens is 1. The number of amides is 1. The summed E-state index contributed by atoms with van der Waals surface area (Å²) in [5.74, 6) is -0.0312. The molecule has 0 saturated heterocycles. The number of alkyl halides is 1. The van der Waals surface area contributed by atoms with E-state index in [2.05, 4.69) is 0 Å².